The summed E-state index contributed by atoms with van der Waals surface area (Å²) in [5, 5.41) is 18.6. The van der Waals surface area contributed by atoms with Gasteiger partial charge < -0.3 is 5.11 Å². The topological polar surface area (TPSA) is 50.9 Å². The highest BCUT2D eigenvalue weighted by atomic mass is 35.5. The van der Waals surface area contributed by atoms with Crippen molar-refractivity contribution < 1.29 is 5.11 Å². The molecule has 0 unspecified atom stereocenters. The van der Waals surface area contributed by atoms with Crippen LogP contribution in [0.2, 0.25) is 5.02 Å². The summed E-state index contributed by atoms with van der Waals surface area (Å²) in [6, 6.07) is 5.70. The number of aliphatic hydroxyl groups is 1. The van der Waals surface area contributed by atoms with Gasteiger partial charge in [-0.3, -0.25) is 0 Å². The van der Waals surface area contributed by atoms with Gasteiger partial charge in [0.1, 0.15) is 5.69 Å². The van der Waals surface area contributed by atoms with E-state index >= 15 is 0 Å². The maximum Gasteiger partial charge on any atom is 0.112 e. The number of aromatic nitrogens is 3. The van der Waals surface area contributed by atoms with Crippen LogP contribution < -0.4 is 0 Å². The molecular weight excluding hydrogens is 274 g/mol. The summed E-state index contributed by atoms with van der Waals surface area (Å²) in [7, 11) is 0. The molecule has 4 nitrogen and oxygen atoms in total. The lowest BCUT2D eigenvalue weighted by molar-refractivity contribution is 0.274. The van der Waals surface area contributed by atoms with Gasteiger partial charge >= 0.3 is 0 Å². The molecule has 5 heteroatoms. The summed E-state index contributed by atoms with van der Waals surface area (Å²) < 4.78 is 1.84. The zero-order chi connectivity index (χ0) is 14.7. The third kappa shape index (κ3) is 2.72. The van der Waals surface area contributed by atoms with Crippen LogP contribution in [0.15, 0.2) is 18.2 Å². The van der Waals surface area contributed by atoms with E-state index in [-0.39, 0.29) is 6.61 Å². The van der Waals surface area contributed by atoms with Crippen LogP contribution in [-0.4, -0.2) is 20.1 Å². The molecule has 1 aromatic heterocycles. The lowest BCUT2D eigenvalue weighted by atomic mass is 9.97. The first kappa shape index (κ1) is 15.0. The fraction of sp³-hybridized carbons (Fsp3) is 0.467. The molecule has 0 atom stereocenters. The van der Waals surface area contributed by atoms with Gasteiger partial charge in [-0.25, -0.2) is 4.68 Å². The summed E-state index contributed by atoms with van der Waals surface area (Å²) in [4.78, 5) is 0. The molecule has 1 aromatic carbocycles. The van der Waals surface area contributed by atoms with Crippen LogP contribution in [0.1, 0.15) is 49.6 Å². The molecule has 0 bridgehead atoms. The van der Waals surface area contributed by atoms with E-state index in [1.54, 1.807) is 0 Å². The number of aryl methyl sites for hydroxylation is 1. The average Bonchev–Trinajstić information content (AvgIpc) is 2.84. The maximum atomic E-state index is 9.50. The first-order chi connectivity index (χ1) is 9.62. The van der Waals surface area contributed by atoms with Crippen LogP contribution in [-0.2, 0) is 6.61 Å². The van der Waals surface area contributed by atoms with Crippen molar-refractivity contribution in [3.63, 3.8) is 0 Å². The molecule has 2 rings (SSSR count). The van der Waals surface area contributed by atoms with Gasteiger partial charge in [-0.2, -0.15) is 0 Å². The number of rotatable bonds is 5. The molecule has 0 fully saturated rings. The van der Waals surface area contributed by atoms with Crippen LogP contribution in [0.5, 0.6) is 0 Å². The zero-order valence-corrected chi connectivity index (χ0v) is 12.9. The van der Waals surface area contributed by atoms with Crippen molar-refractivity contribution in [1.82, 2.24) is 15.0 Å². The predicted octanol–water partition coefficient (Wildman–Crippen LogP) is 3.63. The molecule has 0 spiro atoms. The minimum Gasteiger partial charge on any atom is -0.390 e. The lowest BCUT2D eigenvalue weighted by Gasteiger charge is -2.17. The quantitative estimate of drug-likeness (QED) is 0.916. The van der Waals surface area contributed by atoms with E-state index in [1.165, 1.54) is 0 Å². The van der Waals surface area contributed by atoms with Crippen LogP contribution >= 0.6 is 11.6 Å². The largest absolute Gasteiger partial charge is 0.390 e. The number of aliphatic hydroxyl groups excluding tert-OH is 1. The average molecular weight is 294 g/mol. The molecule has 0 saturated carbocycles. The van der Waals surface area contributed by atoms with E-state index in [0.29, 0.717) is 16.6 Å². The Morgan fingerprint density at radius 3 is 2.55 bits per heavy atom. The Labute approximate surface area is 124 Å². The Balaban J connectivity index is 2.59. The van der Waals surface area contributed by atoms with Gasteiger partial charge in [0.25, 0.3) is 0 Å². The summed E-state index contributed by atoms with van der Waals surface area (Å²) in [6.07, 6.45) is 1.98. The molecule has 20 heavy (non-hydrogen) atoms. The standard InChI is InChI=1S/C15H20ClN3O/c1-4-11(5-2)15-13(9-20)17-18-19(15)14-7-6-12(16)8-10(14)3/h6-8,11,20H,4-5,9H2,1-3H3. The van der Waals surface area contributed by atoms with Crippen molar-refractivity contribution in [2.24, 2.45) is 0 Å². The second-order valence-electron chi connectivity index (χ2n) is 4.94. The summed E-state index contributed by atoms with van der Waals surface area (Å²) in [5.74, 6) is 0.335. The second kappa shape index (κ2) is 6.37. The molecule has 0 aliphatic heterocycles. The van der Waals surface area contributed by atoms with Gasteiger partial charge in [-0.05, 0) is 43.5 Å². The highest BCUT2D eigenvalue weighted by Crippen LogP contribution is 2.29. The van der Waals surface area contributed by atoms with Crippen LogP contribution in [0.3, 0.4) is 0 Å². The van der Waals surface area contributed by atoms with Gasteiger partial charge in [-0.1, -0.05) is 30.7 Å². The summed E-state index contributed by atoms with van der Waals surface area (Å²) in [5.41, 5.74) is 3.67. The van der Waals surface area contributed by atoms with Crippen molar-refractivity contribution in [2.75, 3.05) is 0 Å². The fourth-order valence-electron chi connectivity index (χ4n) is 2.55. The van der Waals surface area contributed by atoms with Gasteiger partial charge in [-0.15, -0.1) is 5.10 Å². The van der Waals surface area contributed by atoms with Crippen LogP contribution in [0, 0.1) is 6.92 Å². The molecule has 0 saturated heterocycles. The van der Waals surface area contributed by atoms with Gasteiger partial charge in [0.05, 0.1) is 18.0 Å². The minimum atomic E-state index is -0.0849. The number of halogens is 1. The van der Waals surface area contributed by atoms with Gasteiger partial charge in [0, 0.05) is 10.9 Å². The highest BCUT2D eigenvalue weighted by Gasteiger charge is 2.21. The van der Waals surface area contributed by atoms with Gasteiger partial charge in [0.2, 0.25) is 0 Å². The number of benzene rings is 1. The van der Waals surface area contributed by atoms with Crippen LogP contribution in [0.25, 0.3) is 5.69 Å². The fourth-order valence-corrected chi connectivity index (χ4v) is 2.78. The zero-order valence-electron chi connectivity index (χ0n) is 12.1. The lowest BCUT2D eigenvalue weighted by Crippen LogP contribution is -2.10. The van der Waals surface area contributed by atoms with Crippen molar-refractivity contribution in [2.45, 2.75) is 46.1 Å². The first-order valence-electron chi connectivity index (χ1n) is 6.94. The molecule has 1 heterocycles. The molecule has 0 amide bonds. The van der Waals surface area contributed by atoms with Crippen molar-refractivity contribution in [3.8, 4) is 5.69 Å². The maximum absolute atomic E-state index is 9.50. The van der Waals surface area contributed by atoms with E-state index in [1.807, 2.05) is 29.8 Å². The van der Waals surface area contributed by atoms with Gasteiger partial charge in [0.15, 0.2) is 0 Å². The molecule has 2 aromatic rings. The highest BCUT2D eigenvalue weighted by molar-refractivity contribution is 6.30. The number of nitrogens with zero attached hydrogens (tertiary/aromatic N) is 3. The van der Waals surface area contributed by atoms with E-state index in [9.17, 15) is 5.11 Å². The smallest absolute Gasteiger partial charge is 0.112 e. The Kier molecular flexibility index (Phi) is 4.78. The summed E-state index contributed by atoms with van der Waals surface area (Å²) >= 11 is 6.01. The third-order valence-corrected chi connectivity index (χ3v) is 3.92. The Bertz CT molecular complexity index is 591. The van der Waals surface area contributed by atoms with E-state index in [4.69, 9.17) is 11.6 Å². The Morgan fingerprint density at radius 1 is 1.30 bits per heavy atom. The summed E-state index contributed by atoms with van der Waals surface area (Å²) in [6.45, 7) is 6.19. The first-order valence-corrected chi connectivity index (χ1v) is 7.31. The SMILES string of the molecule is CCC(CC)c1c(CO)nnn1-c1ccc(Cl)cc1C. The molecule has 0 radical (unpaired) electrons. The van der Waals surface area contributed by atoms with E-state index in [2.05, 4.69) is 24.2 Å². The number of hydrogen-bond acceptors (Lipinski definition) is 3. The minimum absolute atomic E-state index is 0.0849. The Hall–Kier alpha value is -1.39. The monoisotopic (exact) mass is 293 g/mol. The number of hydrogen-bond donors (Lipinski definition) is 1. The van der Waals surface area contributed by atoms with Crippen molar-refractivity contribution in [1.29, 1.82) is 0 Å². The molecular formula is C15H20ClN3O. The van der Waals surface area contributed by atoms with Crippen LogP contribution in [0.4, 0.5) is 0 Å². The normalized spacial score (nSPS) is 11.3. The molecule has 108 valence electrons. The van der Waals surface area contributed by atoms with E-state index < -0.39 is 0 Å². The van der Waals surface area contributed by atoms with Crippen molar-refractivity contribution >= 4 is 11.6 Å². The van der Waals surface area contributed by atoms with E-state index in [0.717, 1.165) is 29.8 Å². The molecule has 0 aliphatic rings. The second-order valence-corrected chi connectivity index (χ2v) is 5.37. The predicted molar refractivity (Wildman–Crippen MR) is 80.4 cm³/mol. The molecule has 1 N–H and O–H groups in total. The third-order valence-electron chi connectivity index (χ3n) is 3.69. The molecule has 0 aliphatic carbocycles. The Morgan fingerprint density at radius 2 is 2.00 bits per heavy atom. The van der Waals surface area contributed by atoms with Crippen molar-refractivity contribution in [3.05, 3.63) is 40.2 Å².